The molecule has 1 atom stereocenters. The minimum atomic E-state index is -0.346. The fourth-order valence-corrected chi connectivity index (χ4v) is 1.88. The van der Waals surface area contributed by atoms with Crippen molar-refractivity contribution in [1.82, 2.24) is 9.78 Å². The van der Waals surface area contributed by atoms with Crippen molar-refractivity contribution in [2.45, 2.75) is 32.4 Å². The molecular formula is C13H18N2O3. The Morgan fingerprint density at radius 2 is 2.56 bits per heavy atom. The Bertz CT molecular complexity index is 420. The van der Waals surface area contributed by atoms with Gasteiger partial charge in [-0.05, 0) is 38.3 Å². The molecule has 5 nitrogen and oxygen atoms in total. The number of aromatic nitrogens is 2. The summed E-state index contributed by atoms with van der Waals surface area (Å²) >= 11 is 0. The minimum absolute atomic E-state index is 0.0310. The van der Waals surface area contributed by atoms with E-state index < -0.39 is 0 Å². The molecule has 0 spiro atoms. The van der Waals surface area contributed by atoms with Crippen molar-refractivity contribution in [1.29, 1.82) is 0 Å². The van der Waals surface area contributed by atoms with Gasteiger partial charge in [-0.2, -0.15) is 5.10 Å². The third-order valence-corrected chi connectivity index (χ3v) is 2.76. The number of carbonyl (C=O) groups is 1. The largest absolute Gasteiger partial charge is 0.463 e. The molecule has 0 aliphatic carbocycles. The molecule has 2 rings (SSSR count). The van der Waals surface area contributed by atoms with E-state index in [-0.39, 0.29) is 12.2 Å². The first-order chi connectivity index (χ1) is 8.79. The van der Waals surface area contributed by atoms with Gasteiger partial charge in [0.1, 0.15) is 6.23 Å². The van der Waals surface area contributed by atoms with Crippen molar-refractivity contribution in [3.05, 3.63) is 24.0 Å². The Labute approximate surface area is 106 Å². The molecule has 98 valence electrons. The number of hydrogen-bond donors (Lipinski definition) is 0. The summed E-state index contributed by atoms with van der Waals surface area (Å²) in [5.41, 5.74) is 0.734. The van der Waals surface area contributed by atoms with E-state index >= 15 is 0 Å². The van der Waals surface area contributed by atoms with Gasteiger partial charge < -0.3 is 9.47 Å². The number of nitrogens with zero attached hydrogens (tertiary/aromatic N) is 2. The van der Waals surface area contributed by atoms with Crippen LogP contribution in [0.25, 0.3) is 6.08 Å². The molecule has 1 aliphatic heterocycles. The molecule has 5 heteroatoms. The summed E-state index contributed by atoms with van der Waals surface area (Å²) in [6.07, 6.45) is 8.22. The van der Waals surface area contributed by atoms with Crippen molar-refractivity contribution in [2.24, 2.45) is 0 Å². The van der Waals surface area contributed by atoms with Crippen molar-refractivity contribution in [3.8, 4) is 0 Å². The van der Waals surface area contributed by atoms with Crippen LogP contribution in [0, 0.1) is 0 Å². The third kappa shape index (κ3) is 3.43. The number of hydrogen-bond acceptors (Lipinski definition) is 4. The minimum Gasteiger partial charge on any atom is -0.463 e. The van der Waals surface area contributed by atoms with Crippen LogP contribution in [0.3, 0.4) is 0 Å². The summed E-state index contributed by atoms with van der Waals surface area (Å²) in [5, 5.41) is 4.36. The molecule has 1 aromatic heterocycles. The van der Waals surface area contributed by atoms with E-state index in [4.69, 9.17) is 9.47 Å². The lowest BCUT2D eigenvalue weighted by Gasteiger charge is -2.22. The fraction of sp³-hybridized carbons (Fsp3) is 0.538. The van der Waals surface area contributed by atoms with Gasteiger partial charge in [0.15, 0.2) is 0 Å². The van der Waals surface area contributed by atoms with Crippen molar-refractivity contribution in [3.63, 3.8) is 0 Å². The Morgan fingerprint density at radius 3 is 3.28 bits per heavy atom. The molecular weight excluding hydrogens is 232 g/mol. The predicted octanol–water partition coefficient (Wildman–Crippen LogP) is 2.16. The van der Waals surface area contributed by atoms with E-state index in [9.17, 15) is 4.79 Å². The molecule has 1 saturated heterocycles. The molecule has 18 heavy (non-hydrogen) atoms. The normalized spacial score (nSPS) is 20.2. The van der Waals surface area contributed by atoms with Crippen molar-refractivity contribution < 1.29 is 14.3 Å². The summed E-state index contributed by atoms with van der Waals surface area (Å²) in [7, 11) is 0. The van der Waals surface area contributed by atoms with Crippen LogP contribution < -0.4 is 0 Å². The van der Waals surface area contributed by atoms with Gasteiger partial charge in [0.2, 0.25) is 0 Å². The molecule has 0 amide bonds. The zero-order valence-corrected chi connectivity index (χ0v) is 10.5. The zero-order chi connectivity index (χ0) is 12.8. The van der Waals surface area contributed by atoms with E-state index in [1.54, 1.807) is 13.0 Å². The van der Waals surface area contributed by atoms with Crippen LogP contribution in [-0.4, -0.2) is 29.0 Å². The summed E-state index contributed by atoms with van der Waals surface area (Å²) in [6.45, 7) is 2.95. The van der Waals surface area contributed by atoms with E-state index in [1.165, 1.54) is 12.5 Å². The highest BCUT2D eigenvalue weighted by atomic mass is 16.5. The maximum atomic E-state index is 11.2. The lowest BCUT2D eigenvalue weighted by molar-refractivity contribution is -0.137. The van der Waals surface area contributed by atoms with Crippen molar-refractivity contribution in [2.75, 3.05) is 13.2 Å². The smallest absolute Gasteiger partial charge is 0.330 e. The Morgan fingerprint density at radius 1 is 1.67 bits per heavy atom. The maximum Gasteiger partial charge on any atom is 0.330 e. The first-order valence-electron chi connectivity index (χ1n) is 6.31. The van der Waals surface area contributed by atoms with E-state index in [0.29, 0.717) is 6.61 Å². The number of rotatable bonds is 4. The molecule has 0 saturated carbocycles. The molecule has 1 fully saturated rings. The lowest BCUT2D eigenvalue weighted by atomic mass is 10.2. The third-order valence-electron chi connectivity index (χ3n) is 2.76. The quantitative estimate of drug-likeness (QED) is 0.607. The Kier molecular flexibility index (Phi) is 4.52. The van der Waals surface area contributed by atoms with Gasteiger partial charge in [-0.1, -0.05) is 0 Å². The molecule has 1 aliphatic rings. The van der Waals surface area contributed by atoms with Crippen LogP contribution in [-0.2, 0) is 14.3 Å². The van der Waals surface area contributed by atoms with Crippen LogP contribution in [0.15, 0.2) is 18.3 Å². The monoisotopic (exact) mass is 250 g/mol. The highest BCUT2D eigenvalue weighted by Crippen LogP contribution is 2.21. The second kappa shape index (κ2) is 6.35. The first kappa shape index (κ1) is 12.8. The molecule has 1 aromatic rings. The molecule has 0 bridgehead atoms. The van der Waals surface area contributed by atoms with Gasteiger partial charge in [0.05, 0.1) is 12.3 Å². The average molecular weight is 250 g/mol. The summed E-state index contributed by atoms with van der Waals surface area (Å²) < 4.78 is 12.2. The summed E-state index contributed by atoms with van der Waals surface area (Å²) in [6, 6.07) is 1.85. The SMILES string of the molecule is CCOC(=O)/C=C/c1ccn(C2CCCCO2)n1. The lowest BCUT2D eigenvalue weighted by Crippen LogP contribution is -2.18. The van der Waals surface area contributed by atoms with Crippen molar-refractivity contribution >= 4 is 12.0 Å². The van der Waals surface area contributed by atoms with E-state index in [0.717, 1.165) is 25.1 Å². The number of carbonyl (C=O) groups excluding carboxylic acids is 1. The van der Waals surface area contributed by atoms with Crippen LogP contribution in [0.2, 0.25) is 0 Å². The predicted molar refractivity (Wildman–Crippen MR) is 66.7 cm³/mol. The highest BCUT2D eigenvalue weighted by molar-refractivity contribution is 5.86. The van der Waals surface area contributed by atoms with Crippen LogP contribution in [0.5, 0.6) is 0 Å². The molecule has 2 heterocycles. The summed E-state index contributed by atoms with van der Waals surface area (Å²) in [4.78, 5) is 11.2. The number of esters is 1. The van der Waals surface area contributed by atoms with Gasteiger partial charge >= 0.3 is 5.97 Å². The molecule has 0 aromatic carbocycles. The average Bonchev–Trinajstić information content (AvgIpc) is 2.87. The number of ether oxygens (including phenoxy) is 2. The standard InChI is InChI=1S/C13H18N2O3/c1-2-17-13(16)7-6-11-8-9-15(14-11)12-5-3-4-10-18-12/h6-9,12H,2-5,10H2,1H3/b7-6+. The Balaban J connectivity index is 1.95. The fourth-order valence-electron chi connectivity index (χ4n) is 1.88. The van der Waals surface area contributed by atoms with Gasteiger partial charge in [0, 0.05) is 18.9 Å². The van der Waals surface area contributed by atoms with Gasteiger partial charge in [0.25, 0.3) is 0 Å². The van der Waals surface area contributed by atoms with E-state index in [1.807, 2.05) is 16.9 Å². The van der Waals surface area contributed by atoms with Gasteiger partial charge in [-0.25, -0.2) is 9.48 Å². The van der Waals surface area contributed by atoms with Gasteiger partial charge in [-0.3, -0.25) is 0 Å². The van der Waals surface area contributed by atoms with Crippen LogP contribution >= 0.6 is 0 Å². The zero-order valence-electron chi connectivity index (χ0n) is 10.5. The summed E-state index contributed by atoms with van der Waals surface area (Å²) in [5.74, 6) is -0.346. The second-order valence-electron chi connectivity index (χ2n) is 4.13. The van der Waals surface area contributed by atoms with E-state index in [2.05, 4.69) is 5.10 Å². The second-order valence-corrected chi connectivity index (χ2v) is 4.13. The first-order valence-corrected chi connectivity index (χ1v) is 6.31. The maximum absolute atomic E-state index is 11.2. The molecule has 0 radical (unpaired) electrons. The highest BCUT2D eigenvalue weighted by Gasteiger charge is 2.15. The van der Waals surface area contributed by atoms with Crippen LogP contribution in [0.4, 0.5) is 0 Å². The Hall–Kier alpha value is -1.62. The van der Waals surface area contributed by atoms with Crippen LogP contribution in [0.1, 0.15) is 38.1 Å². The molecule has 0 N–H and O–H groups in total. The van der Waals surface area contributed by atoms with Gasteiger partial charge in [-0.15, -0.1) is 0 Å². The topological polar surface area (TPSA) is 53.4 Å². The molecule has 1 unspecified atom stereocenters.